The Bertz CT molecular complexity index is 1110. The molecule has 2 heterocycles. The highest BCUT2D eigenvalue weighted by atomic mass is 35.5. The predicted molar refractivity (Wildman–Crippen MR) is 109 cm³/mol. The highest BCUT2D eigenvalue weighted by molar-refractivity contribution is 6.30. The lowest BCUT2D eigenvalue weighted by Crippen LogP contribution is -2.13. The lowest BCUT2D eigenvalue weighted by Gasteiger charge is -2.09. The van der Waals surface area contributed by atoms with E-state index >= 15 is 0 Å². The van der Waals surface area contributed by atoms with E-state index < -0.39 is 0 Å². The Morgan fingerprint density at radius 3 is 2.56 bits per heavy atom. The minimum absolute atomic E-state index is 0.296. The number of carbonyl (C=O) groups excluding carboxylic acids is 1. The largest absolute Gasteiger partial charge is 0.352 e. The molecule has 0 spiro atoms. The maximum atomic E-state index is 12.3. The van der Waals surface area contributed by atoms with Gasteiger partial charge in [0, 0.05) is 22.3 Å². The van der Waals surface area contributed by atoms with Crippen molar-refractivity contribution in [1.29, 1.82) is 0 Å². The number of nitrogens with one attached hydrogen (secondary N) is 2. The van der Waals surface area contributed by atoms with Gasteiger partial charge >= 0.3 is 0 Å². The van der Waals surface area contributed by atoms with Crippen LogP contribution in [0.4, 0.5) is 17.1 Å². The van der Waals surface area contributed by atoms with Gasteiger partial charge in [0.1, 0.15) is 5.69 Å². The Morgan fingerprint density at radius 1 is 0.889 bits per heavy atom. The number of para-hydroxylation sites is 1. The number of nitrogens with zero attached hydrogens (tertiary/aromatic N) is 2. The van der Waals surface area contributed by atoms with Gasteiger partial charge < -0.3 is 10.6 Å². The second-order valence-corrected chi connectivity index (χ2v) is 6.34. The van der Waals surface area contributed by atoms with Crippen molar-refractivity contribution in [2.75, 3.05) is 10.6 Å². The molecule has 0 unspecified atom stereocenters. The van der Waals surface area contributed by atoms with Gasteiger partial charge in [-0.05, 0) is 42.5 Å². The second kappa shape index (κ2) is 7.43. The van der Waals surface area contributed by atoms with E-state index in [1.165, 1.54) is 0 Å². The number of benzene rings is 2. The van der Waals surface area contributed by atoms with E-state index in [0.717, 1.165) is 22.3 Å². The summed E-state index contributed by atoms with van der Waals surface area (Å²) < 4.78 is 0. The number of aromatic nitrogens is 2. The Morgan fingerprint density at radius 2 is 1.74 bits per heavy atom. The first-order valence-corrected chi connectivity index (χ1v) is 8.70. The summed E-state index contributed by atoms with van der Waals surface area (Å²) in [6, 6.07) is 20.3. The Hall–Kier alpha value is -3.44. The van der Waals surface area contributed by atoms with Crippen molar-refractivity contribution >= 4 is 45.5 Å². The molecule has 0 atom stereocenters. The number of carbonyl (C=O) groups is 1. The fourth-order valence-corrected chi connectivity index (χ4v) is 2.91. The summed E-state index contributed by atoms with van der Waals surface area (Å²) in [7, 11) is 0. The molecule has 0 radical (unpaired) electrons. The lowest BCUT2D eigenvalue weighted by atomic mass is 10.2. The maximum absolute atomic E-state index is 12.3. The smallest absolute Gasteiger partial charge is 0.274 e. The van der Waals surface area contributed by atoms with Gasteiger partial charge in [0.15, 0.2) is 0 Å². The molecule has 0 saturated carbocycles. The molecule has 0 aliphatic carbocycles. The van der Waals surface area contributed by atoms with Crippen LogP contribution in [0, 0.1) is 0 Å². The highest BCUT2D eigenvalue weighted by Gasteiger charge is 2.09. The van der Waals surface area contributed by atoms with Gasteiger partial charge in [-0.2, -0.15) is 0 Å². The minimum atomic E-state index is -0.296. The zero-order chi connectivity index (χ0) is 18.6. The molecule has 0 bridgehead atoms. The summed E-state index contributed by atoms with van der Waals surface area (Å²) in [6.45, 7) is 0. The van der Waals surface area contributed by atoms with Crippen LogP contribution in [0.2, 0.25) is 5.02 Å². The fraction of sp³-hybridized carbons (Fsp3) is 0. The zero-order valence-electron chi connectivity index (χ0n) is 14.2. The highest BCUT2D eigenvalue weighted by Crippen LogP contribution is 2.24. The molecule has 1 amide bonds. The van der Waals surface area contributed by atoms with Gasteiger partial charge in [-0.15, -0.1) is 0 Å². The van der Waals surface area contributed by atoms with Crippen LogP contribution in [0.5, 0.6) is 0 Å². The Kier molecular flexibility index (Phi) is 4.68. The summed E-state index contributed by atoms with van der Waals surface area (Å²) in [5.74, 6) is -0.296. The van der Waals surface area contributed by atoms with Gasteiger partial charge in [-0.25, -0.2) is 4.98 Å². The van der Waals surface area contributed by atoms with Crippen LogP contribution in [0.15, 0.2) is 79.1 Å². The van der Waals surface area contributed by atoms with Crippen molar-refractivity contribution in [3.8, 4) is 0 Å². The lowest BCUT2D eigenvalue weighted by molar-refractivity contribution is 0.102. The molecule has 4 rings (SSSR count). The normalized spacial score (nSPS) is 10.6. The average molecular weight is 375 g/mol. The number of rotatable bonds is 4. The van der Waals surface area contributed by atoms with Crippen molar-refractivity contribution in [1.82, 2.24) is 9.97 Å². The van der Waals surface area contributed by atoms with Crippen molar-refractivity contribution in [2.24, 2.45) is 0 Å². The SMILES string of the molecule is O=C(Nc1cccc(Cl)c1)c1ccc(Nc2cccc3cccnc23)cn1. The number of hydrogen-bond acceptors (Lipinski definition) is 4. The summed E-state index contributed by atoms with van der Waals surface area (Å²) >= 11 is 5.93. The first-order valence-electron chi connectivity index (χ1n) is 8.33. The molecule has 2 N–H and O–H groups in total. The maximum Gasteiger partial charge on any atom is 0.274 e. The molecule has 4 aromatic rings. The first kappa shape index (κ1) is 17.0. The third-order valence-corrected chi connectivity index (χ3v) is 4.23. The first-order chi connectivity index (χ1) is 13.2. The van der Waals surface area contributed by atoms with Crippen molar-refractivity contribution in [2.45, 2.75) is 0 Å². The quantitative estimate of drug-likeness (QED) is 0.510. The average Bonchev–Trinajstić information content (AvgIpc) is 2.69. The summed E-state index contributed by atoms with van der Waals surface area (Å²) in [5.41, 5.74) is 3.47. The summed E-state index contributed by atoms with van der Waals surface area (Å²) in [6.07, 6.45) is 3.38. The van der Waals surface area contributed by atoms with Crippen LogP contribution >= 0.6 is 11.6 Å². The van der Waals surface area contributed by atoms with Gasteiger partial charge in [0.2, 0.25) is 0 Å². The Balaban J connectivity index is 1.51. The molecule has 0 aliphatic rings. The van der Waals surface area contributed by atoms with Crippen LogP contribution < -0.4 is 10.6 Å². The molecule has 5 nitrogen and oxygen atoms in total. The Labute approximate surface area is 161 Å². The van der Waals surface area contributed by atoms with E-state index in [-0.39, 0.29) is 5.91 Å². The number of anilines is 3. The van der Waals surface area contributed by atoms with E-state index in [0.29, 0.717) is 16.4 Å². The van der Waals surface area contributed by atoms with E-state index in [1.54, 1.807) is 42.7 Å². The molecule has 6 heteroatoms. The topological polar surface area (TPSA) is 66.9 Å². The standard InChI is InChI=1S/C21H15ClN4O/c22-15-6-2-7-16(12-15)26-21(27)19-10-9-17(13-24-19)25-18-8-1-4-14-5-3-11-23-20(14)18/h1-13,25H,(H,26,27). The number of pyridine rings is 2. The third-order valence-electron chi connectivity index (χ3n) is 3.99. The van der Waals surface area contributed by atoms with Gasteiger partial charge in [-0.3, -0.25) is 9.78 Å². The van der Waals surface area contributed by atoms with Crippen LogP contribution in [-0.4, -0.2) is 15.9 Å². The third kappa shape index (κ3) is 3.88. The van der Waals surface area contributed by atoms with Crippen LogP contribution in [0.3, 0.4) is 0 Å². The molecular weight excluding hydrogens is 360 g/mol. The van der Waals surface area contributed by atoms with Gasteiger partial charge in [-0.1, -0.05) is 35.9 Å². The summed E-state index contributed by atoms with van der Waals surface area (Å²) in [4.78, 5) is 21.0. The van der Waals surface area contributed by atoms with Crippen LogP contribution in [0.1, 0.15) is 10.5 Å². The molecule has 2 aromatic carbocycles. The van der Waals surface area contributed by atoms with Crippen LogP contribution in [-0.2, 0) is 0 Å². The molecule has 0 saturated heterocycles. The summed E-state index contributed by atoms with van der Waals surface area (Å²) in [5, 5.41) is 7.68. The monoisotopic (exact) mass is 374 g/mol. The molecular formula is C21H15ClN4O. The van der Waals surface area contributed by atoms with E-state index in [1.807, 2.05) is 36.4 Å². The number of fused-ring (bicyclic) bond motifs is 1. The number of halogens is 1. The van der Waals surface area contributed by atoms with Crippen LogP contribution in [0.25, 0.3) is 10.9 Å². The molecule has 27 heavy (non-hydrogen) atoms. The number of amides is 1. The zero-order valence-corrected chi connectivity index (χ0v) is 14.9. The van der Waals surface area contributed by atoms with E-state index in [2.05, 4.69) is 20.6 Å². The van der Waals surface area contributed by atoms with E-state index in [9.17, 15) is 4.79 Å². The molecule has 0 fully saturated rings. The predicted octanol–water partition coefficient (Wildman–Crippen LogP) is 5.28. The van der Waals surface area contributed by atoms with E-state index in [4.69, 9.17) is 11.6 Å². The minimum Gasteiger partial charge on any atom is -0.352 e. The fourth-order valence-electron chi connectivity index (χ4n) is 2.72. The molecule has 2 aromatic heterocycles. The molecule has 132 valence electrons. The van der Waals surface area contributed by atoms with Crippen molar-refractivity contribution < 1.29 is 4.79 Å². The van der Waals surface area contributed by atoms with Gasteiger partial charge in [0.25, 0.3) is 5.91 Å². The second-order valence-electron chi connectivity index (χ2n) is 5.90. The number of hydrogen-bond donors (Lipinski definition) is 2. The molecule has 0 aliphatic heterocycles. The van der Waals surface area contributed by atoms with Gasteiger partial charge in [0.05, 0.1) is 23.1 Å². The van der Waals surface area contributed by atoms with Crippen molar-refractivity contribution in [3.63, 3.8) is 0 Å². The van der Waals surface area contributed by atoms with Crippen molar-refractivity contribution in [3.05, 3.63) is 89.8 Å².